The van der Waals surface area contributed by atoms with Gasteiger partial charge in [0, 0.05) is 37.9 Å². The summed E-state index contributed by atoms with van der Waals surface area (Å²) in [5.74, 6) is -7.20. The van der Waals surface area contributed by atoms with Crippen LogP contribution in [0.4, 0.5) is 0 Å². The molecule has 1 aliphatic heterocycles. The highest BCUT2D eigenvalue weighted by molar-refractivity contribution is 6.02. The molecule has 32 nitrogen and oxygen atoms in total. The van der Waals surface area contributed by atoms with Crippen molar-refractivity contribution in [2.24, 2.45) is 56.6 Å². The van der Waals surface area contributed by atoms with E-state index in [0.29, 0.717) is 96.1 Å². The molecule has 1 aromatic heterocycles. The number of nitrogens with one attached hydrogen (secondary N) is 10. The number of unbranched alkanes of at least 4 members (excludes halogenated alkanes) is 4. The Hall–Kier alpha value is -7.36. The number of aromatic nitrogens is 2. The smallest absolute Gasteiger partial charge is 0.268 e. The van der Waals surface area contributed by atoms with Crippen LogP contribution in [0, 0.1) is 0 Å². The van der Waals surface area contributed by atoms with Crippen molar-refractivity contribution < 1.29 is 47.9 Å². The van der Waals surface area contributed by atoms with Crippen LogP contribution in [0.15, 0.2) is 29.3 Å². The molecule has 2 heterocycles. The summed E-state index contributed by atoms with van der Waals surface area (Å²) in [7, 11) is 0. The quantitative estimate of drug-likeness (QED) is 0.0125. The van der Waals surface area contributed by atoms with Crippen molar-refractivity contribution in [3.05, 3.63) is 30.0 Å². The summed E-state index contributed by atoms with van der Waals surface area (Å²) < 4.78 is 0. The van der Waals surface area contributed by atoms with Crippen LogP contribution >= 0.6 is 0 Å². The van der Waals surface area contributed by atoms with Gasteiger partial charge in [0.15, 0.2) is 5.96 Å². The van der Waals surface area contributed by atoms with Gasteiger partial charge in [-0.2, -0.15) is 0 Å². The minimum absolute atomic E-state index is 0.0345. The average Bonchev–Trinajstić information content (AvgIpc) is 4.31. The van der Waals surface area contributed by atoms with Gasteiger partial charge in [-0.25, -0.2) is 4.98 Å². The van der Waals surface area contributed by atoms with Gasteiger partial charge >= 0.3 is 0 Å². The molecule has 0 bridgehead atoms. The molecule has 2 rings (SSSR count). The average molecular weight is 1200 g/mol. The van der Waals surface area contributed by atoms with Gasteiger partial charge < -0.3 is 109 Å². The number of guanidine groups is 1. The number of hydrogen-bond acceptors (Lipinski definition) is 19. The van der Waals surface area contributed by atoms with Crippen molar-refractivity contribution in [3.8, 4) is 0 Å². The van der Waals surface area contributed by atoms with Crippen molar-refractivity contribution in [2.45, 2.75) is 171 Å². The lowest BCUT2D eigenvalue weighted by Gasteiger charge is -2.30. The van der Waals surface area contributed by atoms with Crippen LogP contribution in [0.25, 0.3) is 0 Å². The molecule has 0 radical (unpaired) electrons. The van der Waals surface area contributed by atoms with E-state index < -0.39 is 114 Å². The fraction of sp³-hybridized carbons (Fsp3) is 0.698. The molecule has 1 saturated heterocycles. The zero-order valence-electron chi connectivity index (χ0n) is 49.3. The van der Waals surface area contributed by atoms with E-state index in [1.807, 2.05) is 0 Å². The highest BCUT2D eigenvalue weighted by atomic mass is 16.2. The molecule has 32 heteroatoms. The number of rotatable bonds is 44. The third-order valence-corrected chi connectivity index (χ3v) is 13.7. The lowest BCUT2D eigenvalue weighted by Crippen LogP contribution is -2.59. The Morgan fingerprint density at radius 1 is 0.635 bits per heavy atom. The van der Waals surface area contributed by atoms with Crippen LogP contribution in [0.1, 0.15) is 122 Å². The highest BCUT2D eigenvalue weighted by Gasteiger charge is 2.40. The summed E-state index contributed by atoms with van der Waals surface area (Å²) in [4.78, 5) is 149. The lowest BCUT2D eigenvalue weighted by atomic mass is 10.0. The molecule has 0 saturated carbocycles. The minimum atomic E-state index is -1.37. The first kappa shape index (κ1) is 73.7. The van der Waals surface area contributed by atoms with E-state index >= 15 is 0 Å². The van der Waals surface area contributed by atoms with E-state index in [-0.39, 0.29) is 95.7 Å². The molecule has 0 unspecified atom stereocenters. The molecule has 85 heavy (non-hydrogen) atoms. The number of hydrogen-bond donors (Lipinski definition) is 19. The van der Waals surface area contributed by atoms with Crippen LogP contribution in [-0.2, 0) is 54.4 Å². The molecule has 1 aliphatic rings. The van der Waals surface area contributed by atoms with Crippen molar-refractivity contribution in [3.63, 3.8) is 0 Å². The maximum absolute atomic E-state index is 14.5. The molecular formula is C53H98N22O10. The number of carbonyl (C=O) groups excluding carboxylic acids is 10. The van der Waals surface area contributed by atoms with E-state index in [2.05, 4.69) is 62.8 Å². The molecule has 8 atom stereocenters. The Morgan fingerprint density at radius 3 is 1.84 bits per heavy atom. The predicted octanol–water partition coefficient (Wildman–Crippen LogP) is -6.69. The van der Waals surface area contributed by atoms with Gasteiger partial charge in [-0.15, -0.1) is 0 Å². The lowest BCUT2D eigenvalue weighted by molar-refractivity contribution is -0.142. The molecular weight excluding hydrogens is 1100 g/mol. The van der Waals surface area contributed by atoms with Crippen LogP contribution in [-0.4, -0.2) is 194 Å². The van der Waals surface area contributed by atoms with Crippen LogP contribution in [0.2, 0.25) is 0 Å². The summed E-state index contributed by atoms with van der Waals surface area (Å²) in [6.45, 7) is 2.91. The van der Waals surface area contributed by atoms with Gasteiger partial charge in [0.25, 0.3) is 5.91 Å². The van der Waals surface area contributed by atoms with Crippen molar-refractivity contribution in [1.29, 1.82) is 0 Å². The topological polar surface area (TPSA) is 557 Å². The van der Waals surface area contributed by atoms with E-state index in [9.17, 15) is 47.9 Å². The zero-order valence-corrected chi connectivity index (χ0v) is 49.3. The number of amides is 10. The van der Waals surface area contributed by atoms with Gasteiger partial charge in [-0.1, -0.05) is 12.5 Å². The number of carbonyl (C=O) groups is 10. The molecule has 0 aromatic carbocycles. The first-order chi connectivity index (χ1) is 40.7. The summed E-state index contributed by atoms with van der Waals surface area (Å²) >= 11 is 0. The van der Waals surface area contributed by atoms with Crippen molar-refractivity contribution >= 4 is 65.0 Å². The second kappa shape index (κ2) is 42.4. The predicted molar refractivity (Wildman–Crippen MR) is 319 cm³/mol. The van der Waals surface area contributed by atoms with Gasteiger partial charge in [-0.3, -0.25) is 52.9 Å². The summed E-state index contributed by atoms with van der Waals surface area (Å²) in [5.41, 5.74) is 51.4. The molecule has 0 spiro atoms. The fourth-order valence-electron chi connectivity index (χ4n) is 8.93. The Balaban J connectivity index is 2.32. The number of imidazole rings is 1. The molecule has 1 fully saturated rings. The van der Waals surface area contributed by atoms with Crippen LogP contribution in [0.3, 0.4) is 0 Å². The number of H-pyrrole nitrogens is 1. The maximum Gasteiger partial charge on any atom is 0.268 e. The van der Waals surface area contributed by atoms with E-state index in [4.69, 9.17) is 51.6 Å². The van der Waals surface area contributed by atoms with Gasteiger partial charge in [0.05, 0.1) is 18.9 Å². The van der Waals surface area contributed by atoms with Gasteiger partial charge in [0.1, 0.15) is 48.0 Å². The van der Waals surface area contributed by atoms with Crippen LogP contribution < -0.4 is 99.5 Å². The number of aliphatic imine (C=N–C) groups is 1. The normalized spacial score (nSPS) is 15.6. The second-order valence-corrected chi connectivity index (χ2v) is 20.7. The number of nitrogens with two attached hydrogens (primary N) is 9. The van der Waals surface area contributed by atoms with Crippen molar-refractivity contribution in [2.75, 3.05) is 65.4 Å². The Bertz CT molecular complexity index is 2300. The molecule has 0 aliphatic carbocycles. The number of aromatic amines is 1. The maximum atomic E-state index is 14.5. The summed E-state index contributed by atoms with van der Waals surface area (Å²) in [6.07, 6.45) is 10.2. The van der Waals surface area contributed by atoms with E-state index in [0.717, 1.165) is 0 Å². The molecule has 28 N–H and O–H groups in total. The zero-order chi connectivity index (χ0) is 63.1. The molecule has 1 aromatic rings. The molecule has 10 amide bonds. The van der Waals surface area contributed by atoms with E-state index in [1.54, 1.807) is 0 Å². The van der Waals surface area contributed by atoms with Gasteiger partial charge in [0.2, 0.25) is 53.2 Å². The number of nitrogens with zero attached hydrogens (tertiary/aromatic N) is 3. The Morgan fingerprint density at radius 2 is 1.22 bits per heavy atom. The minimum Gasteiger partial charge on any atom is -0.370 e. The first-order valence-corrected chi connectivity index (χ1v) is 29.4. The van der Waals surface area contributed by atoms with Gasteiger partial charge in [-0.05, 0) is 149 Å². The SMILES string of the molecule is C[C@H](NC(=O)[C@H](CCN)NC(=O)[C@@H](N)CCCCN)C(=O)NCC(=O)N[C@H](CCCN)C(=O)N1CCC[C@H]1C(=O)N[C@@H](Cc1cnc[nH]1)C(=O)N[C@@H](CCCCN)C(=O)N/C(=C\CCN=C(N)N)C(=O)N[C@H](CCCCN)C(=O)NCCCCN. The largest absolute Gasteiger partial charge is 0.370 e. The highest BCUT2D eigenvalue weighted by Crippen LogP contribution is 2.21. The molecule has 480 valence electrons. The summed E-state index contributed by atoms with van der Waals surface area (Å²) in [6, 6.07) is -9.16. The number of likely N-dealkylation sites (tertiary alicyclic amines) is 1. The Labute approximate surface area is 497 Å². The summed E-state index contributed by atoms with van der Waals surface area (Å²) in [5, 5.41) is 23.8. The van der Waals surface area contributed by atoms with Crippen molar-refractivity contribution in [1.82, 2.24) is 62.7 Å². The van der Waals surface area contributed by atoms with E-state index in [1.165, 1.54) is 30.4 Å². The standard InChI is InChI=1S/C53H98N22O10/c1-33(68-47(80)39(19-25-59)70-45(78)35(60)13-2-5-20-54)44(77)66-31-43(76)69-40(16-10-24-58)52(85)75-28-12-18-42(75)51(84)74-41(29-34-30-63-32-67-34)50(83)73-37(15-4-7-22-56)48(81)72-38(17-11-27-65-53(61)62)49(82)71-36(14-3-6-21-55)46(79)64-26-9-8-23-57/h17,30,32-33,35-37,39-42H,2-16,18-29,31,54-60H2,1H3,(H,63,67)(H,64,79)(H,66,77)(H,68,80)(H,69,76)(H,70,78)(H,71,82)(H,72,81)(H,73,83)(H,74,84)(H4,61,62,65)/b38-17-/t33-,35-,36+,37-,39-,40+,41-,42-/m0/s1. The fourth-order valence-corrected chi connectivity index (χ4v) is 8.93. The second-order valence-electron chi connectivity index (χ2n) is 20.7. The monoisotopic (exact) mass is 1200 g/mol. The first-order valence-electron chi connectivity index (χ1n) is 29.4. The Kier molecular flexibility index (Phi) is 36.8. The van der Waals surface area contributed by atoms with Crippen LogP contribution in [0.5, 0.6) is 0 Å². The third kappa shape index (κ3) is 28.9. The third-order valence-electron chi connectivity index (χ3n) is 13.7.